The standard InChI is InChI=1S/C30H31Cl2N5O4.C23H19Cl2N5O5.C23H21Cl2N5O3.C23H18Cl2N4O7S/c1-33-30-34-16-20-14-22(25-26(31)23(40-4)15-24(41-5)27(25)32)29(39)37(28(20)35-30)17-19-9-6-8-18(12-19)13-21(38)10-7-11-36(2)3;1-26-23-27-10-13-8-15(18-19(24)16(34-2)9-17(35-3)20(18)25)22(31)29(21(13)28-23)11-12-5-4-6-14(7-12)30(32)33;1-27-23-28-10-13-8-15(18-19(24)16(32-2)9-17(33-3)20(18)25)22(31)30(21(13)29-23)11-12-5-4-6-14(26)7-12;1-35-16-9-17(36-2)20(25)18(19(16)24)15-8-13-10-26-23(37(3,33)34)27-21(13)28(22(15)30)11-12-5-4-6-14(7-12)29(31)32/h6-10,12,14-16H,11,13,17H2,1-5H3,(H,33,34,35);4-10H,11H2,1-3H3,(H,26,27,28);4-10H,11,26H2,1-3H3,(H,27,28,29);4-10H,11H2,1-3H3/b10-7+;;;. The first-order valence-electron chi connectivity index (χ1n) is 43.3. The summed E-state index contributed by atoms with van der Waals surface area (Å²) in [5.41, 5.74) is 10.7. The van der Waals surface area contributed by atoms with Gasteiger partial charge < -0.3 is 64.5 Å². The van der Waals surface area contributed by atoms with Crippen LogP contribution in [0.1, 0.15) is 27.8 Å². The number of carbonyl (C=O) groups is 1. The third-order valence-electron chi connectivity index (χ3n) is 22.4. The number of ketones is 1. The highest BCUT2D eigenvalue weighted by Crippen LogP contribution is 2.51. The number of ether oxygens (including phenoxy) is 8. The summed E-state index contributed by atoms with van der Waals surface area (Å²) in [6.45, 7) is 0.910. The van der Waals surface area contributed by atoms with Crippen LogP contribution in [0.5, 0.6) is 46.0 Å². The topological polar surface area (TPSA) is 468 Å². The Labute approximate surface area is 872 Å². The second-order valence-electron chi connectivity index (χ2n) is 32.0. The molecule has 0 spiro atoms. The number of pyridine rings is 4. The van der Waals surface area contributed by atoms with Crippen LogP contribution in [0.25, 0.3) is 88.6 Å². The van der Waals surface area contributed by atoms with E-state index < -0.39 is 36.0 Å². The van der Waals surface area contributed by atoms with E-state index in [2.05, 4.69) is 55.8 Å². The third kappa shape index (κ3) is 23.6. The van der Waals surface area contributed by atoms with E-state index in [4.69, 9.17) is 136 Å². The van der Waals surface area contributed by atoms with Crippen molar-refractivity contribution in [2.75, 3.05) is 127 Å². The number of nitro benzene ring substituents is 2. The largest absolute Gasteiger partial charge is 0.495 e. The number of rotatable bonds is 31. The van der Waals surface area contributed by atoms with Crippen molar-refractivity contribution < 1.29 is 61.0 Å². The fourth-order valence-electron chi connectivity index (χ4n) is 15.4. The Hall–Kier alpha value is -15.0. The number of aromatic nitrogens is 12. The highest BCUT2D eigenvalue weighted by Gasteiger charge is 2.31. The van der Waals surface area contributed by atoms with E-state index in [1.807, 2.05) is 61.5 Å². The number of likely N-dealkylation sites (N-methyl/N-ethyl adjacent to an activating group) is 1. The van der Waals surface area contributed by atoms with Crippen LogP contribution >= 0.6 is 92.8 Å². The molecular weight excluding hydrogens is 2070 g/mol. The van der Waals surface area contributed by atoms with Crippen molar-refractivity contribution in [3.63, 3.8) is 0 Å². The first-order valence-corrected chi connectivity index (χ1v) is 48.2. The Morgan fingerprint density at radius 3 is 0.938 bits per heavy atom. The molecule has 756 valence electrons. The predicted molar refractivity (Wildman–Crippen MR) is 567 cm³/mol. The number of nitro groups is 2. The van der Waals surface area contributed by atoms with Crippen molar-refractivity contribution in [1.82, 2.24) is 63.0 Å². The monoisotopic (exact) mass is 2160 g/mol. The second kappa shape index (κ2) is 47.2. The zero-order chi connectivity index (χ0) is 106. The van der Waals surface area contributed by atoms with Crippen LogP contribution in [-0.4, -0.2) is 192 Å². The average Bonchev–Trinajstić information content (AvgIpc) is 0.762. The Morgan fingerprint density at radius 1 is 0.397 bits per heavy atom. The van der Waals surface area contributed by atoms with Gasteiger partial charge in [-0.2, -0.15) is 19.9 Å². The summed E-state index contributed by atoms with van der Waals surface area (Å²) in [5.74, 6) is 3.28. The van der Waals surface area contributed by atoms with Crippen molar-refractivity contribution in [1.29, 1.82) is 0 Å². The van der Waals surface area contributed by atoms with E-state index in [1.165, 1.54) is 121 Å². The first-order chi connectivity index (χ1) is 69.8. The predicted octanol–water partition coefficient (Wildman–Crippen LogP) is 18.5. The number of hydrogen-bond acceptors (Lipinski definition) is 32. The van der Waals surface area contributed by atoms with Crippen LogP contribution in [0, 0.1) is 20.2 Å². The molecule has 16 aromatic rings. The van der Waals surface area contributed by atoms with Gasteiger partial charge in [-0.25, -0.2) is 28.4 Å². The number of nitrogens with two attached hydrogens (primary N) is 1. The fraction of sp³-hybridized carbons (Fsp3) is 0.202. The Morgan fingerprint density at radius 2 is 0.664 bits per heavy atom. The number of anilines is 4. The summed E-state index contributed by atoms with van der Waals surface area (Å²) in [7, 11) is 16.7. The van der Waals surface area contributed by atoms with Gasteiger partial charge in [-0.3, -0.25) is 62.5 Å². The van der Waals surface area contributed by atoms with Gasteiger partial charge >= 0.3 is 0 Å². The Kier molecular flexibility index (Phi) is 35.0. The zero-order valence-electron chi connectivity index (χ0n) is 80.0. The maximum Gasteiger partial charge on any atom is 0.269 e. The van der Waals surface area contributed by atoms with Crippen LogP contribution in [0.2, 0.25) is 40.2 Å². The lowest BCUT2D eigenvalue weighted by atomic mass is 10.0. The number of nitrogens with zero attached hydrogens (tertiary/aromatic N) is 15. The quantitative estimate of drug-likeness (QED) is 0.0103. The maximum absolute atomic E-state index is 14.1. The van der Waals surface area contributed by atoms with Crippen LogP contribution in [0.3, 0.4) is 0 Å². The number of fused-ring (bicyclic) bond motifs is 4. The third-order valence-corrected chi connectivity index (χ3v) is 26.2. The fourth-order valence-corrected chi connectivity index (χ4v) is 18.7. The molecule has 0 saturated carbocycles. The molecule has 47 heteroatoms. The maximum atomic E-state index is 14.1. The molecule has 0 aliphatic carbocycles. The molecule has 0 amide bonds. The molecule has 5 N–H and O–H groups in total. The molecule has 0 aliphatic rings. The lowest BCUT2D eigenvalue weighted by Gasteiger charge is -2.17. The molecule has 16 rings (SSSR count). The molecule has 0 radical (unpaired) electrons. The number of carbonyl (C=O) groups excluding carboxylic acids is 1. The van der Waals surface area contributed by atoms with E-state index >= 15 is 0 Å². The second-order valence-corrected chi connectivity index (χ2v) is 37.0. The number of allylic oxidation sites excluding steroid dienone is 1. The minimum Gasteiger partial charge on any atom is -0.495 e. The molecule has 8 aromatic carbocycles. The molecule has 0 aliphatic heterocycles. The van der Waals surface area contributed by atoms with E-state index in [-0.39, 0.29) is 169 Å². The van der Waals surface area contributed by atoms with Crippen molar-refractivity contribution in [3.8, 4) is 90.5 Å². The summed E-state index contributed by atoms with van der Waals surface area (Å²) >= 11 is 52.9. The number of nitrogens with one attached hydrogen (secondary N) is 3. The van der Waals surface area contributed by atoms with E-state index in [0.29, 0.717) is 108 Å². The summed E-state index contributed by atoms with van der Waals surface area (Å²) in [6, 6.07) is 39.1. The van der Waals surface area contributed by atoms with Gasteiger partial charge in [0, 0.05) is 163 Å². The number of non-ortho nitro benzene ring substituents is 2. The number of benzene rings is 8. The number of methoxy groups -OCH3 is 8. The number of halogens is 8. The lowest BCUT2D eigenvalue weighted by molar-refractivity contribution is -0.385. The molecular formula is C99H89Cl8N19O19S. The summed E-state index contributed by atoms with van der Waals surface area (Å²) in [5, 5.41) is 33.8. The highest BCUT2D eigenvalue weighted by molar-refractivity contribution is 7.90. The molecule has 38 nitrogen and oxygen atoms in total. The molecule has 0 saturated heterocycles. The number of nitrogen functional groups attached to an aromatic ring is 1. The van der Waals surface area contributed by atoms with E-state index in [0.717, 1.165) is 22.9 Å². The van der Waals surface area contributed by atoms with Gasteiger partial charge in [0.25, 0.3) is 33.6 Å². The summed E-state index contributed by atoms with van der Waals surface area (Å²) in [4.78, 5) is 126. The lowest BCUT2D eigenvalue weighted by Crippen LogP contribution is -2.24. The highest BCUT2D eigenvalue weighted by atomic mass is 35.5. The van der Waals surface area contributed by atoms with Crippen molar-refractivity contribution in [2.24, 2.45) is 0 Å². The Bertz CT molecular complexity index is 8150. The summed E-state index contributed by atoms with van der Waals surface area (Å²) in [6.07, 6.45) is 10.7. The van der Waals surface area contributed by atoms with Gasteiger partial charge in [0.05, 0.1) is 155 Å². The van der Waals surface area contributed by atoms with Gasteiger partial charge in [-0.1, -0.05) is 160 Å². The normalized spacial score (nSPS) is 11.2. The van der Waals surface area contributed by atoms with E-state index in [9.17, 15) is 52.6 Å². The number of sulfone groups is 1. The molecule has 0 fully saturated rings. The molecule has 146 heavy (non-hydrogen) atoms. The molecule has 0 atom stereocenters. The molecule has 0 bridgehead atoms. The zero-order valence-corrected chi connectivity index (χ0v) is 86.9. The van der Waals surface area contributed by atoms with Gasteiger partial charge in [-0.15, -0.1) is 0 Å². The number of hydrogen-bond donors (Lipinski definition) is 4. The van der Waals surface area contributed by atoms with E-state index in [1.54, 1.807) is 116 Å². The SMILES string of the molecule is CNc1ncc2cc(-c3c(Cl)c(OC)cc(OC)c3Cl)c(=O)n(Cc3cccc(CC(=O)/C=C/CN(C)C)c3)c2n1.CNc1ncc2cc(-c3c(Cl)c(OC)cc(OC)c3Cl)c(=O)n(Cc3cccc(N)c3)c2n1.CNc1ncc2cc(-c3c(Cl)c(OC)cc(OC)c3Cl)c(=O)n(Cc3cccc([N+](=O)[O-])c3)c2n1.COc1cc(OC)c(Cl)c(-c2cc3cnc(S(C)(=O)=O)nc3n(Cc3cccc([N+](=O)[O-])c3)c2=O)c1Cl. The van der Waals surface area contributed by atoms with Crippen LogP contribution in [0.4, 0.5) is 34.9 Å². The molecule has 0 unspecified atom stereocenters. The minimum absolute atomic E-state index is 0.00135. The first kappa shape index (κ1) is 108. The van der Waals surface area contributed by atoms with Crippen molar-refractivity contribution in [3.05, 3.63) is 312 Å². The van der Waals surface area contributed by atoms with Crippen molar-refractivity contribution in [2.45, 2.75) is 37.8 Å². The molecule has 8 aromatic heterocycles. The average molecular weight is 2160 g/mol. The summed E-state index contributed by atoms with van der Waals surface area (Å²) < 4.78 is 72.8. The van der Waals surface area contributed by atoms with Gasteiger partial charge in [0.2, 0.25) is 32.8 Å². The Balaban J connectivity index is 0.000000163. The van der Waals surface area contributed by atoms with Crippen LogP contribution in [0.15, 0.2) is 207 Å². The molecule has 8 heterocycles. The smallest absolute Gasteiger partial charge is 0.269 e. The van der Waals surface area contributed by atoms with Crippen molar-refractivity contribution >= 4 is 187 Å². The minimum atomic E-state index is -3.81. The van der Waals surface area contributed by atoms with Gasteiger partial charge in [0.1, 0.15) is 68.6 Å². The van der Waals surface area contributed by atoms with Gasteiger partial charge in [0.15, 0.2) is 5.78 Å². The van der Waals surface area contributed by atoms with Gasteiger partial charge in [-0.05, 0) is 84.4 Å². The van der Waals surface area contributed by atoms with Crippen LogP contribution in [-0.2, 0) is 47.2 Å². The van der Waals surface area contributed by atoms with Crippen LogP contribution < -0.4 is 81.8 Å².